The molecule has 0 heterocycles. The van der Waals surface area contributed by atoms with Crippen molar-refractivity contribution in [3.63, 3.8) is 0 Å². The molecule has 0 spiro atoms. The van der Waals surface area contributed by atoms with Crippen molar-refractivity contribution in [2.45, 2.75) is 13.3 Å². The minimum Gasteiger partial charge on any atom is -0.486 e. The minimum atomic E-state index is -0.499. The highest BCUT2D eigenvalue weighted by molar-refractivity contribution is 9.10. The number of nitro groups is 1. The molecule has 4 nitrogen and oxygen atoms in total. The standard InChI is InChI=1S/C11H12Br2ClNO3/c1-2-7(5-12)6-18-11-9(13)3-8(14)4-10(11)15(16)17/h3-4,7H,2,5-6H2,1H3. The van der Waals surface area contributed by atoms with Gasteiger partial charge in [0.15, 0.2) is 0 Å². The van der Waals surface area contributed by atoms with Crippen molar-refractivity contribution in [2.75, 3.05) is 11.9 Å². The smallest absolute Gasteiger partial charge is 0.313 e. The van der Waals surface area contributed by atoms with Gasteiger partial charge >= 0.3 is 5.69 Å². The molecule has 0 aliphatic carbocycles. The van der Waals surface area contributed by atoms with Crippen LogP contribution >= 0.6 is 43.5 Å². The van der Waals surface area contributed by atoms with Gasteiger partial charge in [0.05, 0.1) is 16.0 Å². The first kappa shape index (κ1) is 15.7. The van der Waals surface area contributed by atoms with E-state index in [4.69, 9.17) is 16.3 Å². The largest absolute Gasteiger partial charge is 0.486 e. The van der Waals surface area contributed by atoms with Crippen molar-refractivity contribution in [3.05, 3.63) is 31.7 Å². The van der Waals surface area contributed by atoms with Crippen molar-refractivity contribution in [2.24, 2.45) is 5.92 Å². The van der Waals surface area contributed by atoms with Crippen molar-refractivity contribution in [1.29, 1.82) is 0 Å². The van der Waals surface area contributed by atoms with Gasteiger partial charge in [0.2, 0.25) is 5.75 Å². The number of rotatable bonds is 6. The summed E-state index contributed by atoms with van der Waals surface area (Å²) in [7, 11) is 0. The maximum absolute atomic E-state index is 10.9. The molecular weight excluding hydrogens is 389 g/mol. The van der Waals surface area contributed by atoms with Crippen LogP contribution in [0.2, 0.25) is 5.02 Å². The molecule has 0 bridgehead atoms. The Morgan fingerprint density at radius 1 is 1.56 bits per heavy atom. The van der Waals surface area contributed by atoms with Crippen molar-refractivity contribution in [3.8, 4) is 5.75 Å². The van der Waals surface area contributed by atoms with Gasteiger partial charge in [0.1, 0.15) is 0 Å². The Balaban J connectivity index is 2.96. The summed E-state index contributed by atoms with van der Waals surface area (Å²) in [5.41, 5.74) is -0.126. The monoisotopic (exact) mass is 399 g/mol. The zero-order valence-electron chi connectivity index (χ0n) is 9.66. The van der Waals surface area contributed by atoms with Gasteiger partial charge in [-0.15, -0.1) is 0 Å². The summed E-state index contributed by atoms with van der Waals surface area (Å²) in [4.78, 5) is 10.4. The molecule has 0 fully saturated rings. The fourth-order valence-corrected chi connectivity index (χ4v) is 2.85. The lowest BCUT2D eigenvalue weighted by atomic mass is 10.1. The molecule has 1 rings (SSSR count). The summed E-state index contributed by atoms with van der Waals surface area (Å²) in [5.74, 6) is 0.538. The van der Waals surface area contributed by atoms with Gasteiger partial charge in [-0.2, -0.15) is 0 Å². The van der Waals surface area contributed by atoms with Crippen LogP contribution in [0.3, 0.4) is 0 Å². The fourth-order valence-electron chi connectivity index (χ4n) is 1.30. The predicted octanol–water partition coefficient (Wildman–Crippen LogP) is 4.81. The van der Waals surface area contributed by atoms with Gasteiger partial charge in [-0.05, 0) is 28.4 Å². The van der Waals surface area contributed by atoms with Crippen LogP contribution in [0.5, 0.6) is 5.75 Å². The summed E-state index contributed by atoms with van der Waals surface area (Å²) in [5, 5.41) is 12.0. The van der Waals surface area contributed by atoms with E-state index < -0.39 is 4.92 Å². The van der Waals surface area contributed by atoms with Crippen LogP contribution in [0.1, 0.15) is 13.3 Å². The van der Waals surface area contributed by atoms with E-state index in [9.17, 15) is 10.1 Å². The van der Waals surface area contributed by atoms with Gasteiger partial charge in [-0.1, -0.05) is 34.5 Å². The Hall–Kier alpha value is -0.330. The van der Waals surface area contributed by atoms with Crippen molar-refractivity contribution >= 4 is 49.1 Å². The molecule has 0 saturated carbocycles. The van der Waals surface area contributed by atoms with Gasteiger partial charge in [-0.25, -0.2) is 0 Å². The maximum Gasteiger partial charge on any atom is 0.313 e. The normalized spacial score (nSPS) is 12.2. The highest BCUT2D eigenvalue weighted by atomic mass is 79.9. The number of hydrogen-bond donors (Lipinski definition) is 0. The van der Waals surface area contributed by atoms with Gasteiger partial charge in [0, 0.05) is 22.3 Å². The second-order valence-corrected chi connectivity index (χ2v) is 5.67. The number of halogens is 3. The third-order valence-corrected chi connectivity index (χ3v) is 4.17. The first-order valence-electron chi connectivity index (χ1n) is 5.31. The lowest BCUT2D eigenvalue weighted by molar-refractivity contribution is -0.386. The third kappa shape index (κ3) is 4.10. The summed E-state index contributed by atoms with van der Waals surface area (Å²) in [6.07, 6.45) is 0.935. The third-order valence-electron chi connectivity index (χ3n) is 2.44. The van der Waals surface area contributed by atoms with Crippen LogP contribution in [-0.2, 0) is 0 Å². The van der Waals surface area contributed by atoms with Crippen LogP contribution in [-0.4, -0.2) is 16.9 Å². The number of alkyl halides is 1. The summed E-state index contributed by atoms with van der Waals surface area (Å²) >= 11 is 12.4. The van der Waals surface area contributed by atoms with E-state index in [-0.39, 0.29) is 11.4 Å². The predicted molar refractivity (Wildman–Crippen MR) is 78.9 cm³/mol. The molecule has 0 aliphatic rings. The number of ether oxygens (including phenoxy) is 1. The van der Waals surface area contributed by atoms with E-state index in [1.165, 1.54) is 6.07 Å². The van der Waals surface area contributed by atoms with E-state index in [0.717, 1.165) is 11.8 Å². The number of nitro benzene ring substituents is 1. The number of benzene rings is 1. The van der Waals surface area contributed by atoms with Crippen LogP contribution < -0.4 is 4.74 Å². The second kappa shape index (κ2) is 7.31. The molecule has 0 aliphatic heterocycles. The van der Waals surface area contributed by atoms with E-state index in [1.807, 2.05) is 6.92 Å². The van der Waals surface area contributed by atoms with Gasteiger partial charge in [0.25, 0.3) is 0 Å². The lowest BCUT2D eigenvalue weighted by Gasteiger charge is -2.14. The Morgan fingerprint density at radius 2 is 2.22 bits per heavy atom. The Labute approximate surface area is 127 Å². The minimum absolute atomic E-state index is 0.126. The van der Waals surface area contributed by atoms with Gasteiger partial charge in [-0.3, -0.25) is 10.1 Å². The molecule has 100 valence electrons. The second-order valence-electron chi connectivity index (χ2n) is 3.73. The highest BCUT2D eigenvalue weighted by Gasteiger charge is 2.21. The average Bonchev–Trinajstić information content (AvgIpc) is 2.31. The summed E-state index contributed by atoms with van der Waals surface area (Å²) in [6.45, 7) is 2.46. The maximum atomic E-state index is 10.9. The lowest BCUT2D eigenvalue weighted by Crippen LogP contribution is -2.13. The molecule has 7 heteroatoms. The molecule has 1 aromatic carbocycles. The molecule has 0 aromatic heterocycles. The van der Waals surface area contributed by atoms with Crippen molar-refractivity contribution in [1.82, 2.24) is 0 Å². The summed E-state index contributed by atoms with van der Waals surface area (Å²) < 4.78 is 6.04. The van der Waals surface area contributed by atoms with E-state index in [0.29, 0.717) is 22.0 Å². The van der Waals surface area contributed by atoms with Crippen LogP contribution in [0.4, 0.5) is 5.69 Å². The Kier molecular flexibility index (Phi) is 6.38. The Morgan fingerprint density at radius 3 is 2.72 bits per heavy atom. The Bertz CT molecular complexity index is 439. The molecule has 1 unspecified atom stereocenters. The molecule has 1 aromatic rings. The molecule has 0 N–H and O–H groups in total. The fraction of sp³-hybridized carbons (Fsp3) is 0.455. The quantitative estimate of drug-likeness (QED) is 0.390. The topological polar surface area (TPSA) is 52.4 Å². The summed E-state index contributed by atoms with van der Waals surface area (Å²) in [6, 6.07) is 2.87. The molecule has 1 atom stereocenters. The molecule has 0 amide bonds. The van der Waals surface area contributed by atoms with Crippen LogP contribution in [0.25, 0.3) is 0 Å². The van der Waals surface area contributed by atoms with Crippen LogP contribution in [0, 0.1) is 16.0 Å². The molecule has 18 heavy (non-hydrogen) atoms. The zero-order chi connectivity index (χ0) is 13.7. The molecule has 0 radical (unpaired) electrons. The number of nitrogens with zero attached hydrogens (tertiary/aromatic N) is 1. The first-order chi connectivity index (χ1) is 8.49. The van der Waals surface area contributed by atoms with Gasteiger partial charge < -0.3 is 4.74 Å². The van der Waals surface area contributed by atoms with E-state index >= 15 is 0 Å². The number of hydrogen-bond acceptors (Lipinski definition) is 3. The zero-order valence-corrected chi connectivity index (χ0v) is 13.6. The van der Waals surface area contributed by atoms with E-state index in [1.54, 1.807) is 6.07 Å². The molecular formula is C11H12Br2ClNO3. The van der Waals surface area contributed by atoms with E-state index in [2.05, 4.69) is 31.9 Å². The van der Waals surface area contributed by atoms with Crippen molar-refractivity contribution < 1.29 is 9.66 Å². The SMILES string of the molecule is CCC(CBr)COc1c(Br)cc(Cl)cc1[N+](=O)[O-]. The average molecular weight is 401 g/mol. The van der Waals surface area contributed by atoms with Crippen LogP contribution in [0.15, 0.2) is 16.6 Å². The highest BCUT2D eigenvalue weighted by Crippen LogP contribution is 2.38. The first-order valence-corrected chi connectivity index (χ1v) is 7.61. The molecule has 0 saturated heterocycles.